The lowest BCUT2D eigenvalue weighted by atomic mass is 10.0. The Morgan fingerprint density at radius 3 is 2.47 bits per heavy atom. The second kappa shape index (κ2) is 5.05. The first kappa shape index (κ1) is 11.9. The van der Waals surface area contributed by atoms with Crippen molar-refractivity contribution in [1.29, 1.82) is 0 Å². The van der Waals surface area contributed by atoms with E-state index in [0.717, 1.165) is 10.8 Å². The molecule has 0 saturated carbocycles. The van der Waals surface area contributed by atoms with Crippen LogP contribution in [0.5, 0.6) is 0 Å². The molecule has 2 N–H and O–H groups in total. The van der Waals surface area contributed by atoms with E-state index in [-0.39, 0.29) is 29.3 Å². The SMILES string of the molecule is Br.NCC(=O)c1cccc2ccccc12. The van der Waals surface area contributed by atoms with E-state index < -0.39 is 0 Å². The molecule has 0 aliphatic carbocycles. The predicted octanol–water partition coefficient (Wildman–Crippen LogP) is 2.56. The summed E-state index contributed by atoms with van der Waals surface area (Å²) in [6.45, 7) is 0.0635. The van der Waals surface area contributed by atoms with Gasteiger partial charge in [0, 0.05) is 5.56 Å². The maximum Gasteiger partial charge on any atom is 0.176 e. The number of nitrogens with two attached hydrogens (primary N) is 1. The van der Waals surface area contributed by atoms with Crippen LogP contribution in [0.15, 0.2) is 42.5 Å². The summed E-state index contributed by atoms with van der Waals surface area (Å²) in [6, 6.07) is 13.5. The van der Waals surface area contributed by atoms with Crippen LogP contribution in [0.1, 0.15) is 10.4 Å². The first-order valence-corrected chi connectivity index (χ1v) is 4.54. The van der Waals surface area contributed by atoms with Crippen molar-refractivity contribution in [3.8, 4) is 0 Å². The maximum atomic E-state index is 11.5. The number of ketones is 1. The van der Waals surface area contributed by atoms with Crippen molar-refractivity contribution in [3.05, 3.63) is 48.0 Å². The van der Waals surface area contributed by atoms with Crippen LogP contribution in [0.25, 0.3) is 10.8 Å². The third-order valence-corrected chi connectivity index (χ3v) is 2.28. The van der Waals surface area contributed by atoms with Crippen molar-refractivity contribution in [1.82, 2.24) is 0 Å². The van der Waals surface area contributed by atoms with Gasteiger partial charge >= 0.3 is 0 Å². The molecule has 0 radical (unpaired) electrons. The minimum atomic E-state index is -0.0122. The Balaban J connectivity index is 0.00000112. The van der Waals surface area contributed by atoms with Gasteiger partial charge < -0.3 is 5.73 Å². The molecule has 0 aliphatic heterocycles. The van der Waals surface area contributed by atoms with Crippen LogP contribution < -0.4 is 5.73 Å². The summed E-state index contributed by atoms with van der Waals surface area (Å²) in [4.78, 5) is 11.5. The molecule has 0 heterocycles. The molecular formula is C12H12BrNO. The average Bonchev–Trinajstić information content (AvgIpc) is 2.27. The molecule has 0 unspecified atom stereocenters. The summed E-state index contributed by atoms with van der Waals surface area (Å²) in [5.74, 6) is -0.0122. The number of benzene rings is 2. The first-order chi connectivity index (χ1) is 6.83. The van der Waals surface area contributed by atoms with Gasteiger partial charge in [-0.15, -0.1) is 17.0 Å². The Hall–Kier alpha value is -1.19. The molecule has 0 amide bonds. The van der Waals surface area contributed by atoms with Gasteiger partial charge in [-0.25, -0.2) is 0 Å². The van der Waals surface area contributed by atoms with Crippen molar-refractivity contribution < 1.29 is 4.79 Å². The average molecular weight is 266 g/mol. The zero-order valence-electron chi connectivity index (χ0n) is 8.14. The van der Waals surface area contributed by atoms with Gasteiger partial charge in [-0.05, 0) is 10.8 Å². The van der Waals surface area contributed by atoms with Crippen molar-refractivity contribution in [2.24, 2.45) is 5.73 Å². The molecule has 0 saturated heterocycles. The lowest BCUT2D eigenvalue weighted by molar-refractivity contribution is 0.100. The van der Waals surface area contributed by atoms with Crippen molar-refractivity contribution >= 4 is 33.5 Å². The Bertz CT molecular complexity index is 477. The van der Waals surface area contributed by atoms with E-state index in [4.69, 9.17) is 5.73 Å². The number of hydrogen-bond donors (Lipinski definition) is 1. The Kier molecular flexibility index (Phi) is 4.00. The van der Waals surface area contributed by atoms with E-state index in [1.165, 1.54) is 0 Å². The largest absolute Gasteiger partial charge is 0.324 e. The highest BCUT2D eigenvalue weighted by Crippen LogP contribution is 2.18. The van der Waals surface area contributed by atoms with Crippen molar-refractivity contribution in [2.45, 2.75) is 0 Å². The van der Waals surface area contributed by atoms with Gasteiger partial charge in [0.15, 0.2) is 5.78 Å². The van der Waals surface area contributed by atoms with Crippen LogP contribution >= 0.6 is 17.0 Å². The van der Waals surface area contributed by atoms with E-state index in [0.29, 0.717) is 5.56 Å². The molecule has 0 bridgehead atoms. The monoisotopic (exact) mass is 265 g/mol. The van der Waals surface area contributed by atoms with E-state index in [1.54, 1.807) is 0 Å². The Morgan fingerprint density at radius 2 is 1.73 bits per heavy atom. The number of carbonyl (C=O) groups is 1. The summed E-state index contributed by atoms with van der Waals surface area (Å²) in [5, 5.41) is 2.05. The molecule has 0 atom stereocenters. The summed E-state index contributed by atoms with van der Waals surface area (Å²) in [5.41, 5.74) is 6.06. The Morgan fingerprint density at radius 1 is 1.07 bits per heavy atom. The van der Waals surface area contributed by atoms with E-state index >= 15 is 0 Å². The number of halogens is 1. The maximum absolute atomic E-state index is 11.5. The number of hydrogen-bond acceptors (Lipinski definition) is 2. The quantitative estimate of drug-likeness (QED) is 0.849. The van der Waals surface area contributed by atoms with E-state index in [1.807, 2.05) is 42.5 Å². The van der Waals surface area contributed by atoms with Gasteiger partial charge in [-0.1, -0.05) is 42.5 Å². The van der Waals surface area contributed by atoms with E-state index in [2.05, 4.69) is 0 Å². The standard InChI is InChI=1S/C12H11NO.BrH/c13-8-12(14)11-7-3-5-9-4-1-2-6-10(9)11;/h1-7H,8,13H2;1H. The predicted molar refractivity (Wildman–Crippen MR) is 67.7 cm³/mol. The van der Waals surface area contributed by atoms with Crippen LogP contribution in [-0.2, 0) is 0 Å². The fourth-order valence-electron chi connectivity index (χ4n) is 1.58. The zero-order valence-corrected chi connectivity index (χ0v) is 9.86. The van der Waals surface area contributed by atoms with Crippen LogP contribution in [-0.4, -0.2) is 12.3 Å². The first-order valence-electron chi connectivity index (χ1n) is 4.54. The number of carbonyl (C=O) groups excluding carboxylic acids is 1. The molecule has 2 rings (SSSR count). The van der Waals surface area contributed by atoms with Crippen LogP contribution in [0.2, 0.25) is 0 Å². The molecule has 15 heavy (non-hydrogen) atoms. The van der Waals surface area contributed by atoms with Crippen molar-refractivity contribution in [2.75, 3.05) is 6.54 Å². The van der Waals surface area contributed by atoms with Gasteiger partial charge in [-0.2, -0.15) is 0 Å². The van der Waals surface area contributed by atoms with Gasteiger partial charge in [-0.3, -0.25) is 4.79 Å². The molecular weight excluding hydrogens is 254 g/mol. The highest BCUT2D eigenvalue weighted by molar-refractivity contribution is 8.93. The third-order valence-electron chi connectivity index (χ3n) is 2.28. The van der Waals surface area contributed by atoms with Crippen LogP contribution in [0, 0.1) is 0 Å². The topological polar surface area (TPSA) is 43.1 Å². The van der Waals surface area contributed by atoms with Gasteiger partial charge in [0.25, 0.3) is 0 Å². The molecule has 2 nitrogen and oxygen atoms in total. The fraction of sp³-hybridized carbons (Fsp3) is 0.0833. The summed E-state index contributed by atoms with van der Waals surface area (Å²) < 4.78 is 0. The van der Waals surface area contributed by atoms with Gasteiger partial charge in [0.2, 0.25) is 0 Å². The molecule has 78 valence electrons. The smallest absolute Gasteiger partial charge is 0.176 e. The number of rotatable bonds is 2. The fourth-order valence-corrected chi connectivity index (χ4v) is 1.58. The minimum Gasteiger partial charge on any atom is -0.324 e. The molecule has 0 aromatic heterocycles. The lowest BCUT2D eigenvalue weighted by Crippen LogP contribution is -2.13. The summed E-state index contributed by atoms with van der Waals surface area (Å²) in [7, 11) is 0. The molecule has 0 fully saturated rings. The highest BCUT2D eigenvalue weighted by atomic mass is 79.9. The highest BCUT2D eigenvalue weighted by Gasteiger charge is 2.06. The molecule has 0 spiro atoms. The molecule has 2 aromatic carbocycles. The van der Waals surface area contributed by atoms with Crippen LogP contribution in [0.3, 0.4) is 0 Å². The third kappa shape index (κ3) is 2.25. The summed E-state index contributed by atoms with van der Waals surface area (Å²) >= 11 is 0. The second-order valence-electron chi connectivity index (χ2n) is 3.15. The zero-order chi connectivity index (χ0) is 9.97. The van der Waals surface area contributed by atoms with Gasteiger partial charge in [0.05, 0.1) is 6.54 Å². The number of fused-ring (bicyclic) bond motifs is 1. The Labute approximate surface area is 98.9 Å². The minimum absolute atomic E-state index is 0. The molecule has 2 aromatic rings. The number of Topliss-reactive ketones (excluding diaryl/α,β-unsaturated/α-hetero) is 1. The molecule has 0 aliphatic rings. The van der Waals surface area contributed by atoms with Gasteiger partial charge in [0.1, 0.15) is 0 Å². The normalized spacial score (nSPS) is 9.67. The van der Waals surface area contributed by atoms with Crippen LogP contribution in [0.4, 0.5) is 0 Å². The van der Waals surface area contributed by atoms with Crippen molar-refractivity contribution in [3.63, 3.8) is 0 Å². The molecule has 3 heteroatoms. The lowest BCUT2D eigenvalue weighted by Gasteiger charge is -2.03. The summed E-state index contributed by atoms with van der Waals surface area (Å²) in [6.07, 6.45) is 0. The van der Waals surface area contributed by atoms with E-state index in [9.17, 15) is 4.79 Å². The second-order valence-corrected chi connectivity index (χ2v) is 3.15.